The standard InChI is InChI=1S/C26H33F3N4O4/c1-16-11-19(37-31-16)14-33-23(13-22(32(33)5)25(2,3)4)30-24(34)20-12-17(26(27,28)29)8-9-21(20)36-15-18-7-6-10-35-18/h8-9,12-13,18-19H,6-7,10-11,14-15H2,1-5H3/b30-23+/t18-,19?/m0/s1. The van der Waals surface area contributed by atoms with E-state index < -0.39 is 17.6 Å². The molecule has 0 saturated carbocycles. The zero-order valence-corrected chi connectivity index (χ0v) is 21.8. The Balaban J connectivity index is 1.73. The first-order valence-corrected chi connectivity index (χ1v) is 12.3. The Hall–Kier alpha value is -3.08. The number of halogens is 3. The molecule has 1 amide bonds. The molecular formula is C26H33F3N4O4. The molecule has 4 rings (SSSR count). The van der Waals surface area contributed by atoms with Gasteiger partial charge in [0.2, 0.25) is 0 Å². The van der Waals surface area contributed by atoms with E-state index in [1.54, 1.807) is 10.7 Å². The lowest BCUT2D eigenvalue weighted by Crippen LogP contribution is -2.30. The fraction of sp³-hybridized carbons (Fsp3) is 0.577. The molecule has 2 aliphatic rings. The van der Waals surface area contributed by atoms with E-state index in [1.807, 2.05) is 39.4 Å². The molecule has 11 heteroatoms. The molecule has 1 saturated heterocycles. The van der Waals surface area contributed by atoms with Crippen molar-refractivity contribution in [3.63, 3.8) is 0 Å². The molecule has 0 bridgehead atoms. The van der Waals surface area contributed by atoms with Gasteiger partial charge < -0.3 is 14.3 Å². The van der Waals surface area contributed by atoms with Gasteiger partial charge in [-0.25, -0.2) is 0 Å². The van der Waals surface area contributed by atoms with Crippen molar-refractivity contribution in [2.75, 3.05) is 13.2 Å². The number of hydrogen-bond acceptors (Lipinski definition) is 5. The average molecular weight is 523 g/mol. The maximum atomic E-state index is 13.5. The van der Waals surface area contributed by atoms with Crippen molar-refractivity contribution in [2.24, 2.45) is 17.2 Å². The highest BCUT2D eigenvalue weighted by atomic mass is 19.4. The summed E-state index contributed by atoms with van der Waals surface area (Å²) in [7, 11) is 1.85. The number of alkyl halides is 3. The third-order valence-electron chi connectivity index (χ3n) is 6.47. The number of carbonyl (C=O) groups excluding carboxylic acids is 1. The lowest BCUT2D eigenvalue weighted by molar-refractivity contribution is -0.137. The summed E-state index contributed by atoms with van der Waals surface area (Å²) in [5.74, 6) is -0.785. The summed E-state index contributed by atoms with van der Waals surface area (Å²) < 4.78 is 55.5. The normalized spacial score (nSPS) is 20.8. The van der Waals surface area contributed by atoms with Crippen molar-refractivity contribution >= 4 is 11.6 Å². The zero-order chi connectivity index (χ0) is 27.0. The van der Waals surface area contributed by atoms with Crippen LogP contribution in [0.1, 0.15) is 68.6 Å². The van der Waals surface area contributed by atoms with Gasteiger partial charge in [0.25, 0.3) is 5.91 Å². The van der Waals surface area contributed by atoms with Crippen LogP contribution >= 0.6 is 0 Å². The molecule has 1 aromatic carbocycles. The monoisotopic (exact) mass is 522 g/mol. The number of amides is 1. The number of hydrogen-bond donors (Lipinski definition) is 0. The van der Waals surface area contributed by atoms with Crippen molar-refractivity contribution in [3.8, 4) is 5.75 Å². The summed E-state index contributed by atoms with van der Waals surface area (Å²) in [6.45, 7) is 9.08. The maximum Gasteiger partial charge on any atom is 0.416 e. The average Bonchev–Trinajstić information content (AvgIpc) is 3.54. The second kappa shape index (κ2) is 10.4. The van der Waals surface area contributed by atoms with Crippen LogP contribution in [0.5, 0.6) is 5.75 Å². The summed E-state index contributed by atoms with van der Waals surface area (Å²) in [4.78, 5) is 23.2. The van der Waals surface area contributed by atoms with Crippen LogP contribution in [-0.4, -0.2) is 46.4 Å². The molecular weight excluding hydrogens is 489 g/mol. The second-order valence-electron chi connectivity index (χ2n) is 10.6. The van der Waals surface area contributed by atoms with Crippen LogP contribution in [0, 0.1) is 0 Å². The summed E-state index contributed by atoms with van der Waals surface area (Å²) in [5, 5.41) is 4.00. The molecule has 1 fully saturated rings. The number of nitrogens with zero attached hydrogens (tertiary/aromatic N) is 4. The van der Waals surface area contributed by atoms with Crippen molar-refractivity contribution in [2.45, 2.75) is 77.3 Å². The molecule has 0 N–H and O–H groups in total. The Bertz CT molecular complexity index is 1250. The smallest absolute Gasteiger partial charge is 0.416 e. The fourth-order valence-corrected chi connectivity index (χ4v) is 4.56. The SMILES string of the molecule is CC1=NOC(Cn2/c(=N/C(=O)c3cc(C(F)(F)F)ccc3OC[C@@H]3CCCO3)cc(C(C)(C)C)n2C)C1. The van der Waals surface area contributed by atoms with E-state index >= 15 is 0 Å². The van der Waals surface area contributed by atoms with E-state index in [2.05, 4.69) is 10.1 Å². The molecule has 2 atom stereocenters. The molecule has 8 nitrogen and oxygen atoms in total. The highest BCUT2D eigenvalue weighted by molar-refractivity contribution is 5.97. The van der Waals surface area contributed by atoms with Gasteiger partial charge in [0.1, 0.15) is 12.4 Å². The van der Waals surface area contributed by atoms with E-state index in [-0.39, 0.29) is 35.5 Å². The summed E-state index contributed by atoms with van der Waals surface area (Å²) in [6.07, 6.45) is -2.71. The molecule has 2 aromatic rings. The van der Waals surface area contributed by atoms with Crippen LogP contribution in [-0.2, 0) is 34.8 Å². The third kappa shape index (κ3) is 6.26. The van der Waals surface area contributed by atoms with Crippen molar-refractivity contribution < 1.29 is 32.3 Å². The third-order valence-corrected chi connectivity index (χ3v) is 6.47. The van der Waals surface area contributed by atoms with E-state index in [9.17, 15) is 18.0 Å². The lowest BCUT2D eigenvalue weighted by atomic mass is 9.92. The van der Waals surface area contributed by atoms with Crippen molar-refractivity contribution in [3.05, 3.63) is 46.6 Å². The van der Waals surface area contributed by atoms with E-state index in [0.29, 0.717) is 25.1 Å². The molecule has 0 radical (unpaired) electrons. The number of benzene rings is 1. The fourth-order valence-electron chi connectivity index (χ4n) is 4.56. The molecule has 1 unspecified atom stereocenters. The number of oxime groups is 1. The number of ether oxygens (including phenoxy) is 2. The summed E-state index contributed by atoms with van der Waals surface area (Å²) in [6, 6.07) is 4.65. The number of rotatable bonds is 6. The largest absolute Gasteiger partial charge is 0.490 e. The number of carbonyl (C=O) groups is 1. The van der Waals surface area contributed by atoms with Gasteiger partial charge in [0, 0.05) is 37.3 Å². The Morgan fingerprint density at radius 1 is 1.22 bits per heavy atom. The highest BCUT2D eigenvalue weighted by Gasteiger charge is 2.32. The van der Waals surface area contributed by atoms with Gasteiger partial charge in [0.15, 0.2) is 11.6 Å². The predicted octanol–water partition coefficient (Wildman–Crippen LogP) is 4.61. The Kier molecular flexibility index (Phi) is 7.55. The van der Waals surface area contributed by atoms with E-state index in [4.69, 9.17) is 14.3 Å². The highest BCUT2D eigenvalue weighted by Crippen LogP contribution is 2.33. The predicted molar refractivity (Wildman–Crippen MR) is 131 cm³/mol. The minimum atomic E-state index is -4.62. The van der Waals surface area contributed by atoms with Crippen LogP contribution in [0.25, 0.3) is 0 Å². The lowest BCUT2D eigenvalue weighted by Gasteiger charge is -2.21. The van der Waals surface area contributed by atoms with Crippen molar-refractivity contribution in [1.82, 2.24) is 9.36 Å². The Morgan fingerprint density at radius 3 is 2.57 bits per heavy atom. The van der Waals surface area contributed by atoms with Gasteiger partial charge in [-0.15, -0.1) is 0 Å². The molecule has 37 heavy (non-hydrogen) atoms. The summed E-state index contributed by atoms with van der Waals surface area (Å²) >= 11 is 0. The van der Waals surface area contributed by atoms with Gasteiger partial charge in [-0.05, 0) is 38.0 Å². The Labute approximate surface area is 213 Å². The quantitative estimate of drug-likeness (QED) is 0.555. The van der Waals surface area contributed by atoms with Crippen LogP contribution in [0.15, 0.2) is 34.4 Å². The first kappa shape index (κ1) is 27.0. The van der Waals surface area contributed by atoms with Gasteiger partial charge in [0.05, 0.1) is 29.5 Å². The first-order valence-electron chi connectivity index (χ1n) is 12.3. The molecule has 3 heterocycles. The van der Waals surface area contributed by atoms with Gasteiger partial charge in [-0.2, -0.15) is 18.2 Å². The topological polar surface area (TPSA) is 79.3 Å². The molecule has 0 spiro atoms. The van der Waals surface area contributed by atoms with Gasteiger partial charge in [-0.1, -0.05) is 25.9 Å². The first-order chi connectivity index (χ1) is 17.3. The zero-order valence-electron chi connectivity index (χ0n) is 21.8. The summed E-state index contributed by atoms with van der Waals surface area (Å²) in [5.41, 5.74) is 0.599. The van der Waals surface area contributed by atoms with Crippen LogP contribution in [0.2, 0.25) is 0 Å². The van der Waals surface area contributed by atoms with E-state index in [1.165, 1.54) is 6.07 Å². The Morgan fingerprint density at radius 2 is 1.97 bits per heavy atom. The van der Waals surface area contributed by atoms with Crippen molar-refractivity contribution in [1.29, 1.82) is 0 Å². The number of aromatic nitrogens is 2. The van der Waals surface area contributed by atoms with Crippen LogP contribution in [0.3, 0.4) is 0 Å². The minimum absolute atomic E-state index is 0.0407. The molecule has 1 aromatic heterocycles. The van der Waals surface area contributed by atoms with Crippen LogP contribution in [0.4, 0.5) is 13.2 Å². The van der Waals surface area contributed by atoms with Gasteiger partial charge >= 0.3 is 6.18 Å². The molecule has 2 aliphatic heterocycles. The second-order valence-corrected chi connectivity index (χ2v) is 10.6. The van der Waals surface area contributed by atoms with Gasteiger partial charge in [-0.3, -0.25) is 14.2 Å². The maximum absolute atomic E-state index is 13.5. The molecule has 0 aliphatic carbocycles. The molecule has 202 valence electrons. The minimum Gasteiger partial charge on any atom is -0.490 e. The van der Waals surface area contributed by atoms with E-state index in [0.717, 1.165) is 36.4 Å². The van der Waals surface area contributed by atoms with Crippen LogP contribution < -0.4 is 10.2 Å².